The van der Waals surface area contributed by atoms with Crippen LogP contribution >= 0.6 is 0 Å². The van der Waals surface area contributed by atoms with Crippen molar-refractivity contribution in [1.82, 2.24) is 9.88 Å². The van der Waals surface area contributed by atoms with Gasteiger partial charge in [-0.15, -0.1) is 0 Å². The summed E-state index contributed by atoms with van der Waals surface area (Å²) in [4.78, 5) is 19.3. The highest BCUT2D eigenvalue weighted by molar-refractivity contribution is 7.90. The van der Waals surface area contributed by atoms with E-state index < -0.39 is 9.84 Å². The molecule has 0 saturated carbocycles. The number of benzene rings is 1. The van der Waals surface area contributed by atoms with E-state index in [0.29, 0.717) is 12.1 Å². The van der Waals surface area contributed by atoms with Crippen molar-refractivity contribution in [1.29, 1.82) is 0 Å². The predicted molar refractivity (Wildman–Crippen MR) is 96.0 cm³/mol. The second-order valence-corrected chi connectivity index (χ2v) is 8.46. The van der Waals surface area contributed by atoms with Gasteiger partial charge in [0.1, 0.15) is 0 Å². The van der Waals surface area contributed by atoms with Crippen LogP contribution in [0.3, 0.4) is 0 Å². The fourth-order valence-electron chi connectivity index (χ4n) is 3.29. The van der Waals surface area contributed by atoms with E-state index in [1.54, 1.807) is 24.5 Å². The lowest BCUT2D eigenvalue weighted by Crippen LogP contribution is -2.34. The topological polar surface area (TPSA) is 67.3 Å². The van der Waals surface area contributed by atoms with Gasteiger partial charge >= 0.3 is 0 Å². The van der Waals surface area contributed by atoms with E-state index in [2.05, 4.69) is 4.98 Å². The second kappa shape index (κ2) is 7.35. The van der Waals surface area contributed by atoms with Gasteiger partial charge in [-0.2, -0.15) is 0 Å². The zero-order chi connectivity index (χ0) is 17.9. The molecule has 5 nitrogen and oxygen atoms in total. The molecule has 2 aromatic rings. The Morgan fingerprint density at radius 1 is 1.04 bits per heavy atom. The molecule has 25 heavy (non-hydrogen) atoms. The number of carbonyl (C=O) groups excluding carboxylic acids is 1. The number of carbonyl (C=O) groups is 1. The third-order valence-electron chi connectivity index (χ3n) is 4.63. The molecular weight excluding hydrogens is 336 g/mol. The van der Waals surface area contributed by atoms with Crippen molar-refractivity contribution in [2.45, 2.75) is 36.6 Å². The highest BCUT2D eigenvalue weighted by Crippen LogP contribution is 2.31. The minimum Gasteiger partial charge on any atom is -0.332 e. The maximum absolute atomic E-state index is 13.1. The first-order valence-corrected chi connectivity index (χ1v) is 10.4. The summed E-state index contributed by atoms with van der Waals surface area (Å²) in [5.74, 6) is -0.0521. The van der Waals surface area contributed by atoms with Crippen LogP contribution in [-0.2, 0) is 9.84 Å². The van der Waals surface area contributed by atoms with Gasteiger partial charge in [0, 0.05) is 30.8 Å². The summed E-state index contributed by atoms with van der Waals surface area (Å²) in [6.07, 6.45) is 8.78. The zero-order valence-electron chi connectivity index (χ0n) is 14.3. The highest BCUT2D eigenvalue weighted by Gasteiger charge is 2.27. The Labute approximate surface area is 148 Å². The third kappa shape index (κ3) is 4.07. The van der Waals surface area contributed by atoms with Gasteiger partial charge < -0.3 is 4.90 Å². The summed E-state index contributed by atoms with van der Waals surface area (Å²) in [6, 6.07) is 10.2. The van der Waals surface area contributed by atoms with Crippen molar-refractivity contribution in [3.63, 3.8) is 0 Å². The summed E-state index contributed by atoms with van der Waals surface area (Å²) in [5, 5.41) is 0. The molecule has 0 radical (unpaired) electrons. The molecule has 1 aromatic carbocycles. The van der Waals surface area contributed by atoms with E-state index in [1.165, 1.54) is 12.1 Å². The number of nitrogens with zero attached hydrogens (tertiary/aromatic N) is 2. The number of sulfone groups is 1. The fourth-order valence-corrected chi connectivity index (χ4v) is 3.92. The summed E-state index contributed by atoms with van der Waals surface area (Å²) < 4.78 is 23.2. The van der Waals surface area contributed by atoms with Crippen LogP contribution < -0.4 is 0 Å². The molecule has 1 amide bonds. The normalized spacial score (nSPS) is 18.6. The molecule has 2 heterocycles. The van der Waals surface area contributed by atoms with E-state index >= 15 is 0 Å². The molecule has 0 N–H and O–H groups in total. The van der Waals surface area contributed by atoms with Gasteiger partial charge in [0.2, 0.25) is 0 Å². The van der Waals surface area contributed by atoms with Gasteiger partial charge in [-0.05, 0) is 54.8 Å². The first kappa shape index (κ1) is 17.6. The molecule has 1 aliphatic rings. The molecule has 3 rings (SSSR count). The average Bonchev–Trinajstić information content (AvgIpc) is 2.87. The molecule has 132 valence electrons. The smallest absolute Gasteiger partial charge is 0.254 e. The van der Waals surface area contributed by atoms with Crippen LogP contribution in [0.1, 0.15) is 47.6 Å². The number of amides is 1. The lowest BCUT2D eigenvalue weighted by atomic mass is 10.0. The number of hydrogen-bond acceptors (Lipinski definition) is 4. The van der Waals surface area contributed by atoms with Crippen LogP contribution in [0.25, 0.3) is 0 Å². The number of pyridine rings is 1. The lowest BCUT2D eigenvalue weighted by molar-refractivity contribution is 0.0680. The van der Waals surface area contributed by atoms with Crippen LogP contribution in [0, 0.1) is 0 Å². The molecule has 1 atom stereocenters. The summed E-state index contributed by atoms with van der Waals surface area (Å²) in [5.41, 5.74) is 1.62. The van der Waals surface area contributed by atoms with Crippen molar-refractivity contribution in [2.75, 3.05) is 12.8 Å². The van der Waals surface area contributed by atoms with Crippen LogP contribution in [0.15, 0.2) is 53.7 Å². The van der Waals surface area contributed by atoms with Crippen LogP contribution in [-0.4, -0.2) is 37.0 Å². The molecule has 0 spiro atoms. The molecule has 1 aromatic heterocycles. The Bertz CT molecular complexity index is 833. The predicted octanol–water partition coefficient (Wildman–Crippen LogP) is 3.24. The quantitative estimate of drug-likeness (QED) is 0.845. The first-order chi connectivity index (χ1) is 12.0. The highest BCUT2D eigenvalue weighted by atomic mass is 32.2. The van der Waals surface area contributed by atoms with Crippen LogP contribution in [0.4, 0.5) is 0 Å². The first-order valence-electron chi connectivity index (χ1n) is 8.48. The Kier molecular flexibility index (Phi) is 5.18. The Morgan fingerprint density at radius 3 is 2.36 bits per heavy atom. The molecular formula is C19H22N2O3S. The van der Waals surface area contributed by atoms with Crippen molar-refractivity contribution < 1.29 is 13.2 Å². The largest absolute Gasteiger partial charge is 0.332 e. The van der Waals surface area contributed by atoms with Gasteiger partial charge in [0.05, 0.1) is 10.9 Å². The van der Waals surface area contributed by atoms with Gasteiger partial charge in [0.15, 0.2) is 9.84 Å². The van der Waals surface area contributed by atoms with E-state index in [0.717, 1.165) is 37.5 Å². The van der Waals surface area contributed by atoms with Crippen molar-refractivity contribution >= 4 is 15.7 Å². The Hall–Kier alpha value is -2.21. The third-order valence-corrected chi connectivity index (χ3v) is 5.76. The van der Waals surface area contributed by atoms with E-state index in [1.807, 2.05) is 17.0 Å². The van der Waals surface area contributed by atoms with Crippen molar-refractivity contribution in [2.24, 2.45) is 0 Å². The van der Waals surface area contributed by atoms with Gasteiger partial charge in [-0.25, -0.2) is 8.42 Å². The summed E-state index contributed by atoms with van der Waals surface area (Å²) >= 11 is 0. The van der Waals surface area contributed by atoms with Gasteiger partial charge in [-0.3, -0.25) is 9.78 Å². The average molecular weight is 358 g/mol. The summed E-state index contributed by atoms with van der Waals surface area (Å²) in [6.45, 7) is 0.708. The number of aromatic nitrogens is 1. The lowest BCUT2D eigenvalue weighted by Gasteiger charge is -2.30. The van der Waals surface area contributed by atoms with Crippen molar-refractivity contribution in [3.8, 4) is 0 Å². The minimum atomic E-state index is -3.26. The maximum Gasteiger partial charge on any atom is 0.254 e. The summed E-state index contributed by atoms with van der Waals surface area (Å²) in [7, 11) is -3.26. The molecule has 1 fully saturated rings. The SMILES string of the molecule is CS(=O)(=O)c1ccc(C(=O)N2CCCCC[C@@H]2c2ccncc2)cc1. The van der Waals surface area contributed by atoms with Crippen LogP contribution in [0.5, 0.6) is 0 Å². The molecule has 1 saturated heterocycles. The zero-order valence-corrected chi connectivity index (χ0v) is 15.1. The number of hydrogen-bond donors (Lipinski definition) is 0. The van der Waals surface area contributed by atoms with Crippen molar-refractivity contribution in [3.05, 3.63) is 59.9 Å². The van der Waals surface area contributed by atoms with E-state index in [4.69, 9.17) is 0 Å². The Balaban J connectivity index is 1.90. The molecule has 6 heteroatoms. The minimum absolute atomic E-state index is 0.0348. The monoisotopic (exact) mass is 358 g/mol. The standard InChI is InChI=1S/C19H22N2O3S/c1-25(23,24)17-8-6-16(7-9-17)19(22)21-14-4-2-3-5-18(21)15-10-12-20-13-11-15/h6-13,18H,2-5,14H2,1H3/t18-/m1/s1. The van der Waals surface area contributed by atoms with Gasteiger partial charge in [0.25, 0.3) is 5.91 Å². The number of rotatable bonds is 3. The fraction of sp³-hybridized carbons (Fsp3) is 0.368. The number of likely N-dealkylation sites (tertiary alicyclic amines) is 1. The van der Waals surface area contributed by atoms with Gasteiger partial charge in [-0.1, -0.05) is 12.8 Å². The second-order valence-electron chi connectivity index (χ2n) is 6.44. The molecule has 0 unspecified atom stereocenters. The van der Waals surface area contributed by atoms with Crippen LogP contribution in [0.2, 0.25) is 0 Å². The molecule has 1 aliphatic heterocycles. The van der Waals surface area contributed by atoms with E-state index in [-0.39, 0.29) is 16.8 Å². The van der Waals surface area contributed by atoms with E-state index in [9.17, 15) is 13.2 Å². The molecule has 0 aliphatic carbocycles. The maximum atomic E-state index is 13.1. The molecule has 0 bridgehead atoms. The Morgan fingerprint density at radius 2 is 1.72 bits per heavy atom.